The van der Waals surface area contributed by atoms with Gasteiger partial charge in [0.25, 0.3) is 0 Å². The highest BCUT2D eigenvalue weighted by atomic mass is 32.1. The van der Waals surface area contributed by atoms with Crippen LogP contribution in [0.25, 0.3) is 81.0 Å². The van der Waals surface area contributed by atoms with Crippen LogP contribution in [-0.2, 0) is 5.41 Å². The van der Waals surface area contributed by atoms with E-state index in [-0.39, 0.29) is 5.41 Å². The van der Waals surface area contributed by atoms with Gasteiger partial charge in [0.2, 0.25) is 0 Å². The summed E-state index contributed by atoms with van der Waals surface area (Å²) in [5, 5.41) is 5.25. The Morgan fingerprint density at radius 2 is 1.02 bits per heavy atom. The fourth-order valence-electron chi connectivity index (χ4n) is 8.12. The van der Waals surface area contributed by atoms with Gasteiger partial charge in [-0.15, -0.1) is 11.3 Å². The Morgan fingerprint density at radius 3 is 1.77 bits per heavy atom. The molecule has 0 radical (unpaired) electrons. The van der Waals surface area contributed by atoms with Gasteiger partial charge in [-0.1, -0.05) is 135 Å². The minimum absolute atomic E-state index is 0.0471. The van der Waals surface area contributed by atoms with Crippen molar-refractivity contribution < 1.29 is 0 Å². The molecule has 0 atom stereocenters. The minimum Gasteiger partial charge on any atom is -0.309 e. The van der Waals surface area contributed by atoms with E-state index in [1.165, 1.54) is 92.2 Å². The molecule has 9 aromatic rings. The number of fused-ring (bicyclic) bond motifs is 9. The maximum absolute atomic E-state index is 2.46. The zero-order valence-corrected chi connectivity index (χ0v) is 27.1. The average Bonchev–Trinajstić information content (AvgIpc) is 3.74. The Hall–Kier alpha value is -5.44. The van der Waals surface area contributed by atoms with E-state index < -0.39 is 0 Å². The highest BCUT2D eigenvalue weighted by Crippen LogP contribution is 2.51. The lowest BCUT2D eigenvalue weighted by molar-refractivity contribution is 0.661. The zero-order chi connectivity index (χ0) is 31.3. The maximum Gasteiger partial charge on any atom is 0.0544 e. The van der Waals surface area contributed by atoms with Crippen molar-refractivity contribution in [2.45, 2.75) is 19.3 Å². The van der Waals surface area contributed by atoms with Crippen LogP contribution in [0.15, 0.2) is 152 Å². The molecule has 1 nitrogen and oxygen atoms in total. The van der Waals surface area contributed by atoms with Crippen LogP contribution in [0.4, 0.5) is 0 Å². The summed E-state index contributed by atoms with van der Waals surface area (Å²) in [6, 6.07) is 56.1. The van der Waals surface area contributed by atoms with Crippen molar-refractivity contribution in [2.75, 3.05) is 0 Å². The summed E-state index contributed by atoms with van der Waals surface area (Å²) in [5.74, 6) is 0. The van der Waals surface area contributed by atoms with Crippen molar-refractivity contribution in [3.05, 3.63) is 163 Å². The second-order valence-corrected chi connectivity index (χ2v) is 14.3. The van der Waals surface area contributed by atoms with Gasteiger partial charge in [0.15, 0.2) is 0 Å². The summed E-state index contributed by atoms with van der Waals surface area (Å²) in [5.41, 5.74) is 14.3. The number of thiophene rings is 1. The molecule has 0 unspecified atom stereocenters. The number of benzene rings is 7. The second-order valence-electron chi connectivity index (χ2n) is 13.3. The van der Waals surface area contributed by atoms with Crippen molar-refractivity contribution in [3.8, 4) is 39.1 Å². The molecule has 1 aliphatic rings. The molecule has 0 fully saturated rings. The molecular weight excluding hydrogens is 587 g/mol. The third kappa shape index (κ3) is 3.77. The lowest BCUT2D eigenvalue weighted by atomic mass is 9.82. The maximum atomic E-state index is 2.46. The van der Waals surface area contributed by atoms with Gasteiger partial charge in [-0.3, -0.25) is 0 Å². The van der Waals surface area contributed by atoms with Crippen LogP contribution >= 0.6 is 11.3 Å². The van der Waals surface area contributed by atoms with Crippen molar-refractivity contribution in [2.24, 2.45) is 0 Å². The molecule has 2 heterocycles. The molecule has 0 bridgehead atoms. The largest absolute Gasteiger partial charge is 0.309 e. The smallest absolute Gasteiger partial charge is 0.0544 e. The van der Waals surface area contributed by atoms with Gasteiger partial charge < -0.3 is 4.57 Å². The molecule has 10 rings (SSSR count). The zero-order valence-electron chi connectivity index (χ0n) is 26.3. The molecule has 2 aromatic heterocycles. The van der Waals surface area contributed by atoms with E-state index in [0.29, 0.717) is 0 Å². The Bertz CT molecular complexity index is 2690. The van der Waals surface area contributed by atoms with Crippen LogP contribution in [0, 0.1) is 0 Å². The third-order valence-corrected chi connectivity index (χ3v) is 11.7. The molecule has 2 heteroatoms. The Morgan fingerprint density at radius 1 is 0.426 bits per heavy atom. The molecule has 0 aliphatic heterocycles. The van der Waals surface area contributed by atoms with Crippen LogP contribution < -0.4 is 0 Å². The fourth-order valence-corrected chi connectivity index (χ4v) is 9.50. The first-order valence-corrected chi connectivity index (χ1v) is 17.2. The van der Waals surface area contributed by atoms with Gasteiger partial charge in [-0.25, -0.2) is 0 Å². The molecule has 7 aromatic carbocycles. The molecule has 222 valence electrons. The van der Waals surface area contributed by atoms with Gasteiger partial charge in [0, 0.05) is 42.0 Å². The molecule has 0 amide bonds. The lowest BCUT2D eigenvalue weighted by Crippen LogP contribution is -2.14. The van der Waals surface area contributed by atoms with E-state index >= 15 is 0 Å². The van der Waals surface area contributed by atoms with Crippen LogP contribution in [0.3, 0.4) is 0 Å². The van der Waals surface area contributed by atoms with Crippen molar-refractivity contribution >= 4 is 53.3 Å². The lowest BCUT2D eigenvalue weighted by Gasteiger charge is -2.21. The number of para-hydroxylation sites is 1. The Kier molecular flexibility index (Phi) is 5.57. The minimum atomic E-state index is -0.0471. The van der Waals surface area contributed by atoms with Crippen LogP contribution in [0.5, 0.6) is 0 Å². The predicted octanol–water partition coefficient (Wildman–Crippen LogP) is 12.8. The number of rotatable bonds is 3. The third-order valence-electron chi connectivity index (χ3n) is 10.4. The van der Waals surface area contributed by atoms with Gasteiger partial charge in [-0.05, 0) is 74.8 Å². The predicted molar refractivity (Wildman–Crippen MR) is 202 cm³/mol. The van der Waals surface area contributed by atoms with E-state index in [4.69, 9.17) is 0 Å². The van der Waals surface area contributed by atoms with Gasteiger partial charge in [-0.2, -0.15) is 0 Å². The quantitative estimate of drug-likeness (QED) is 0.186. The van der Waals surface area contributed by atoms with Crippen molar-refractivity contribution in [1.82, 2.24) is 4.57 Å². The molecule has 0 spiro atoms. The number of nitrogens with zero attached hydrogens (tertiary/aromatic N) is 1. The molecule has 0 N–H and O–H groups in total. The van der Waals surface area contributed by atoms with E-state index in [1.54, 1.807) is 0 Å². The molecule has 0 saturated carbocycles. The molecule has 1 aliphatic carbocycles. The summed E-state index contributed by atoms with van der Waals surface area (Å²) in [7, 11) is 0. The van der Waals surface area contributed by atoms with Gasteiger partial charge in [0.1, 0.15) is 0 Å². The van der Waals surface area contributed by atoms with Crippen LogP contribution in [0.2, 0.25) is 0 Å². The van der Waals surface area contributed by atoms with E-state index in [9.17, 15) is 0 Å². The standard InChI is InChI=1S/C45H31NS/c1-45(2)39-20-8-6-14-33(39)37-26-38-34-15-7-9-21-41(34)46(42(38)27-40(37)45)30-24-22-29(23-25-30)32-17-11-19-36-35-18-10-16-31(43(35)47-44(32)36)28-12-4-3-5-13-28/h3-27H,1-2H3. The Labute approximate surface area is 278 Å². The van der Waals surface area contributed by atoms with E-state index in [1.807, 2.05) is 11.3 Å². The fraction of sp³-hybridized carbons (Fsp3) is 0.0667. The first-order valence-electron chi connectivity index (χ1n) is 16.4. The number of hydrogen-bond acceptors (Lipinski definition) is 1. The molecule has 0 saturated heterocycles. The van der Waals surface area contributed by atoms with E-state index in [2.05, 4.69) is 170 Å². The Balaban J connectivity index is 1.14. The molecule has 47 heavy (non-hydrogen) atoms. The van der Waals surface area contributed by atoms with Gasteiger partial charge in [0.05, 0.1) is 11.0 Å². The number of hydrogen-bond donors (Lipinski definition) is 0. The summed E-state index contributed by atoms with van der Waals surface area (Å²) in [6.45, 7) is 4.73. The average molecular weight is 618 g/mol. The van der Waals surface area contributed by atoms with Crippen LogP contribution in [-0.4, -0.2) is 4.57 Å². The SMILES string of the molecule is CC1(C)c2ccccc2-c2cc3c4ccccc4n(-c4ccc(-c5cccc6c5sc5c(-c7ccccc7)cccc56)cc4)c3cc21. The van der Waals surface area contributed by atoms with Crippen molar-refractivity contribution in [3.63, 3.8) is 0 Å². The summed E-state index contributed by atoms with van der Waals surface area (Å²) >= 11 is 1.91. The molecular formula is C45H31NS. The summed E-state index contributed by atoms with van der Waals surface area (Å²) in [4.78, 5) is 0. The summed E-state index contributed by atoms with van der Waals surface area (Å²) < 4.78 is 5.15. The normalized spacial score (nSPS) is 13.5. The first-order chi connectivity index (χ1) is 23.1. The van der Waals surface area contributed by atoms with Crippen LogP contribution in [0.1, 0.15) is 25.0 Å². The van der Waals surface area contributed by atoms with Crippen molar-refractivity contribution in [1.29, 1.82) is 0 Å². The monoisotopic (exact) mass is 617 g/mol. The van der Waals surface area contributed by atoms with E-state index in [0.717, 1.165) is 0 Å². The highest BCUT2D eigenvalue weighted by Gasteiger charge is 2.36. The number of aromatic nitrogens is 1. The first kappa shape index (κ1) is 26.7. The topological polar surface area (TPSA) is 4.93 Å². The second kappa shape index (κ2) is 9.78. The highest BCUT2D eigenvalue weighted by molar-refractivity contribution is 7.26. The summed E-state index contributed by atoms with van der Waals surface area (Å²) in [6.07, 6.45) is 0. The van der Waals surface area contributed by atoms with Gasteiger partial charge >= 0.3 is 0 Å².